The Balaban J connectivity index is 4.06. The maximum atomic E-state index is 10.7. The number of carbonyl (C=O) groups is 1. The fraction of sp³-hybridized carbons (Fsp3) is 0.857. The standard InChI is InChI=1S/C7H16NO6P/c1-2-14-4-3-8(5-7(9)10)6-15(11,12)13/h2-6H2,1H3,(H,9,10)(H2,11,12,13). The highest BCUT2D eigenvalue weighted by Gasteiger charge is 2.20. The van der Waals surface area contributed by atoms with E-state index < -0.39 is 26.4 Å². The first-order valence-corrected chi connectivity index (χ1v) is 6.21. The molecule has 0 saturated heterocycles. The maximum absolute atomic E-state index is 10.7. The van der Waals surface area contributed by atoms with E-state index >= 15 is 0 Å². The molecule has 0 aliphatic heterocycles. The highest BCUT2D eigenvalue weighted by atomic mass is 31.2. The highest BCUT2D eigenvalue weighted by Crippen LogP contribution is 2.34. The monoisotopic (exact) mass is 241 g/mol. The van der Waals surface area contributed by atoms with Crippen molar-refractivity contribution < 1.29 is 29.0 Å². The van der Waals surface area contributed by atoms with Crippen molar-refractivity contribution >= 4 is 13.6 Å². The number of hydrogen-bond donors (Lipinski definition) is 3. The molecule has 90 valence electrons. The molecule has 0 amide bonds. The normalized spacial score (nSPS) is 12.0. The second-order valence-corrected chi connectivity index (χ2v) is 4.56. The van der Waals surface area contributed by atoms with Crippen molar-refractivity contribution in [1.29, 1.82) is 0 Å². The van der Waals surface area contributed by atoms with E-state index in [-0.39, 0.29) is 13.2 Å². The van der Waals surface area contributed by atoms with Gasteiger partial charge in [0, 0.05) is 13.2 Å². The molecule has 3 N–H and O–H groups in total. The van der Waals surface area contributed by atoms with Gasteiger partial charge in [0.05, 0.1) is 13.2 Å². The van der Waals surface area contributed by atoms with E-state index in [4.69, 9.17) is 19.6 Å². The summed E-state index contributed by atoms with van der Waals surface area (Å²) in [5, 5.41) is 8.50. The van der Waals surface area contributed by atoms with Gasteiger partial charge in [-0.1, -0.05) is 0 Å². The summed E-state index contributed by atoms with van der Waals surface area (Å²) in [6.07, 6.45) is -0.563. The largest absolute Gasteiger partial charge is 0.480 e. The molecule has 0 aromatic heterocycles. The summed E-state index contributed by atoms with van der Waals surface area (Å²) in [5.74, 6) is -1.13. The Kier molecular flexibility index (Phi) is 6.71. The first-order valence-electron chi connectivity index (χ1n) is 4.41. The lowest BCUT2D eigenvalue weighted by molar-refractivity contribution is -0.138. The molecule has 0 bridgehead atoms. The predicted molar refractivity (Wildman–Crippen MR) is 52.6 cm³/mol. The van der Waals surface area contributed by atoms with E-state index in [1.165, 1.54) is 0 Å². The molecule has 0 heterocycles. The van der Waals surface area contributed by atoms with E-state index in [9.17, 15) is 9.36 Å². The van der Waals surface area contributed by atoms with Gasteiger partial charge in [0.1, 0.15) is 6.29 Å². The summed E-state index contributed by atoms with van der Waals surface area (Å²) in [7, 11) is -4.22. The Morgan fingerprint density at radius 3 is 2.47 bits per heavy atom. The number of carboxylic acids is 1. The molecule has 0 radical (unpaired) electrons. The second-order valence-electron chi connectivity index (χ2n) is 2.95. The van der Waals surface area contributed by atoms with Crippen LogP contribution in [0.5, 0.6) is 0 Å². The zero-order valence-corrected chi connectivity index (χ0v) is 9.39. The van der Waals surface area contributed by atoms with Crippen LogP contribution in [0.2, 0.25) is 0 Å². The molecule has 0 aliphatic rings. The maximum Gasteiger partial charge on any atom is 0.339 e. The average molecular weight is 241 g/mol. The van der Waals surface area contributed by atoms with Crippen molar-refractivity contribution in [3.8, 4) is 0 Å². The third-order valence-corrected chi connectivity index (χ3v) is 2.27. The number of rotatable bonds is 8. The van der Waals surface area contributed by atoms with Gasteiger partial charge in [-0.15, -0.1) is 0 Å². The van der Waals surface area contributed by atoms with Crippen molar-refractivity contribution in [2.45, 2.75) is 6.92 Å². The van der Waals surface area contributed by atoms with Crippen molar-refractivity contribution in [3.63, 3.8) is 0 Å². The zero-order chi connectivity index (χ0) is 11.9. The molecule has 0 spiro atoms. The van der Waals surface area contributed by atoms with Crippen LogP contribution in [0.15, 0.2) is 0 Å². The van der Waals surface area contributed by atoms with E-state index in [1.54, 1.807) is 6.92 Å². The number of nitrogens with zero attached hydrogens (tertiary/aromatic N) is 1. The topological polar surface area (TPSA) is 107 Å². The molecule has 0 aromatic carbocycles. The molecular weight excluding hydrogens is 225 g/mol. The van der Waals surface area contributed by atoms with Crippen LogP contribution in [0.1, 0.15) is 6.92 Å². The van der Waals surface area contributed by atoms with Gasteiger partial charge >= 0.3 is 13.6 Å². The Hall–Kier alpha value is -0.460. The Labute approximate surface area is 87.8 Å². The summed E-state index contributed by atoms with van der Waals surface area (Å²) >= 11 is 0. The van der Waals surface area contributed by atoms with Crippen LogP contribution in [0.25, 0.3) is 0 Å². The quantitative estimate of drug-likeness (QED) is 0.390. The summed E-state index contributed by atoms with van der Waals surface area (Å²) in [5.41, 5.74) is 0. The van der Waals surface area contributed by atoms with Crippen molar-refractivity contribution in [2.24, 2.45) is 0 Å². The van der Waals surface area contributed by atoms with Gasteiger partial charge in [-0.3, -0.25) is 14.3 Å². The number of ether oxygens (including phenoxy) is 1. The Morgan fingerprint density at radius 1 is 1.47 bits per heavy atom. The smallest absolute Gasteiger partial charge is 0.339 e. The molecule has 15 heavy (non-hydrogen) atoms. The fourth-order valence-electron chi connectivity index (χ4n) is 0.990. The van der Waals surface area contributed by atoms with Crippen LogP contribution in [0.4, 0.5) is 0 Å². The molecule has 8 heteroatoms. The van der Waals surface area contributed by atoms with Crippen LogP contribution in [0, 0.1) is 0 Å². The SMILES string of the molecule is CCOCCN(CC(=O)O)CP(=O)(O)O. The number of aliphatic carboxylic acids is 1. The van der Waals surface area contributed by atoms with Crippen molar-refractivity contribution in [1.82, 2.24) is 4.90 Å². The van der Waals surface area contributed by atoms with E-state index in [1.807, 2.05) is 0 Å². The molecule has 0 aliphatic carbocycles. The molecule has 0 aromatic rings. The summed E-state index contributed by atoms with van der Waals surface area (Å²) in [6, 6.07) is 0. The van der Waals surface area contributed by atoms with Crippen molar-refractivity contribution in [2.75, 3.05) is 32.6 Å². The zero-order valence-electron chi connectivity index (χ0n) is 8.50. The minimum Gasteiger partial charge on any atom is -0.480 e. The minimum absolute atomic E-state index is 0.186. The van der Waals surface area contributed by atoms with E-state index in [0.29, 0.717) is 6.61 Å². The second kappa shape index (κ2) is 6.92. The average Bonchev–Trinajstić information content (AvgIpc) is 2.00. The van der Waals surface area contributed by atoms with Gasteiger partial charge in [-0.05, 0) is 6.92 Å². The molecule has 0 saturated carbocycles. The molecular formula is C7H16NO6P. The first kappa shape index (κ1) is 14.5. The highest BCUT2D eigenvalue weighted by molar-refractivity contribution is 7.51. The lowest BCUT2D eigenvalue weighted by atomic mass is 10.5. The summed E-state index contributed by atoms with van der Waals surface area (Å²) in [4.78, 5) is 28.9. The molecule has 0 fully saturated rings. The van der Waals surface area contributed by atoms with Gasteiger partial charge < -0.3 is 19.6 Å². The Morgan fingerprint density at radius 2 is 2.07 bits per heavy atom. The van der Waals surface area contributed by atoms with E-state index in [2.05, 4.69) is 0 Å². The first-order chi connectivity index (χ1) is 6.85. The number of hydrogen-bond acceptors (Lipinski definition) is 4. The third kappa shape index (κ3) is 9.84. The molecule has 0 unspecified atom stereocenters. The van der Waals surface area contributed by atoms with Gasteiger partial charge in [0.15, 0.2) is 0 Å². The van der Waals surface area contributed by atoms with Gasteiger partial charge in [0.2, 0.25) is 0 Å². The predicted octanol–water partition coefficient (Wildman–Crippen LogP) is -0.455. The van der Waals surface area contributed by atoms with Crippen LogP contribution < -0.4 is 0 Å². The van der Waals surface area contributed by atoms with Crippen LogP contribution in [0.3, 0.4) is 0 Å². The van der Waals surface area contributed by atoms with Gasteiger partial charge in [-0.25, -0.2) is 0 Å². The lowest BCUT2D eigenvalue weighted by Gasteiger charge is -2.20. The number of carboxylic acid groups (broad SMARTS) is 1. The van der Waals surface area contributed by atoms with Crippen LogP contribution in [-0.4, -0.2) is 58.4 Å². The molecule has 7 nitrogen and oxygen atoms in total. The van der Waals surface area contributed by atoms with Crippen molar-refractivity contribution in [3.05, 3.63) is 0 Å². The molecule has 0 atom stereocenters. The van der Waals surface area contributed by atoms with E-state index in [0.717, 1.165) is 4.90 Å². The minimum atomic E-state index is -4.22. The summed E-state index contributed by atoms with van der Waals surface area (Å²) in [6.45, 7) is 2.30. The Bertz CT molecular complexity index is 240. The third-order valence-electron chi connectivity index (χ3n) is 1.50. The summed E-state index contributed by atoms with van der Waals surface area (Å²) < 4.78 is 15.6. The van der Waals surface area contributed by atoms with Crippen LogP contribution >= 0.6 is 7.60 Å². The van der Waals surface area contributed by atoms with Crippen LogP contribution in [-0.2, 0) is 14.1 Å². The fourth-order valence-corrected chi connectivity index (χ4v) is 1.75. The lowest BCUT2D eigenvalue weighted by Crippen LogP contribution is -2.33. The molecule has 0 rings (SSSR count). The van der Waals surface area contributed by atoms with Gasteiger partial charge in [0.25, 0.3) is 0 Å². The van der Waals surface area contributed by atoms with Gasteiger partial charge in [-0.2, -0.15) is 0 Å².